The molecule has 0 bridgehead atoms. The van der Waals surface area contributed by atoms with Gasteiger partial charge in [-0.25, -0.2) is 0 Å². The monoisotopic (exact) mass is 379 g/mol. The number of aliphatic carboxylic acids is 1. The smallest absolute Gasteiger partial charge is 0.304 e. The van der Waals surface area contributed by atoms with E-state index < -0.39 is 11.9 Å². The first-order valence-corrected chi connectivity index (χ1v) is 10.4. The highest BCUT2D eigenvalue weighted by Crippen LogP contribution is 2.48. The predicted molar refractivity (Wildman–Crippen MR) is 101 cm³/mol. The summed E-state index contributed by atoms with van der Waals surface area (Å²) >= 11 is 0. The molecule has 152 valence electrons. The minimum atomic E-state index is -0.945. The van der Waals surface area contributed by atoms with Crippen LogP contribution in [-0.4, -0.2) is 41.5 Å². The average Bonchev–Trinajstić information content (AvgIpc) is 2.97. The largest absolute Gasteiger partial charge is 0.481 e. The van der Waals surface area contributed by atoms with Crippen molar-refractivity contribution >= 4 is 17.8 Å². The van der Waals surface area contributed by atoms with Crippen LogP contribution < -0.4 is 16.4 Å². The van der Waals surface area contributed by atoms with Gasteiger partial charge in [0.25, 0.3) is 0 Å². The summed E-state index contributed by atoms with van der Waals surface area (Å²) in [5.74, 6) is -1.34. The molecule has 7 heteroatoms. The van der Waals surface area contributed by atoms with Crippen LogP contribution in [0.2, 0.25) is 0 Å². The van der Waals surface area contributed by atoms with E-state index in [1.54, 1.807) is 0 Å². The molecule has 1 aliphatic heterocycles. The summed E-state index contributed by atoms with van der Waals surface area (Å²) < 4.78 is 0. The molecule has 0 unspecified atom stereocenters. The number of amides is 2. The second kappa shape index (κ2) is 8.59. The third-order valence-electron chi connectivity index (χ3n) is 7.01. The molecule has 3 rings (SSSR count). The first-order chi connectivity index (χ1) is 12.9. The van der Waals surface area contributed by atoms with Gasteiger partial charge in [0.05, 0.1) is 12.3 Å². The maximum atomic E-state index is 12.5. The number of nitrogens with one attached hydrogen (secondary N) is 2. The highest BCUT2D eigenvalue weighted by atomic mass is 16.4. The highest BCUT2D eigenvalue weighted by molar-refractivity contribution is 5.85. The zero-order valence-corrected chi connectivity index (χ0v) is 16.0. The van der Waals surface area contributed by atoms with Crippen molar-refractivity contribution in [3.05, 3.63) is 0 Å². The maximum absolute atomic E-state index is 12.5. The molecule has 1 heterocycles. The molecule has 0 aromatic carbocycles. The lowest BCUT2D eigenvalue weighted by molar-refractivity contribution is -0.140. The van der Waals surface area contributed by atoms with Crippen molar-refractivity contribution in [3.8, 4) is 0 Å². The fraction of sp³-hybridized carbons (Fsp3) is 0.850. The van der Waals surface area contributed by atoms with Crippen molar-refractivity contribution < 1.29 is 19.5 Å². The normalized spacial score (nSPS) is 36.4. The molecule has 2 amide bonds. The topological polar surface area (TPSA) is 122 Å². The van der Waals surface area contributed by atoms with Crippen LogP contribution in [0.1, 0.15) is 70.6 Å². The first kappa shape index (κ1) is 20.1. The molecule has 27 heavy (non-hydrogen) atoms. The third kappa shape index (κ3) is 5.21. The molecule has 3 fully saturated rings. The minimum Gasteiger partial charge on any atom is -0.481 e. The van der Waals surface area contributed by atoms with E-state index in [-0.39, 0.29) is 30.2 Å². The van der Waals surface area contributed by atoms with E-state index >= 15 is 0 Å². The van der Waals surface area contributed by atoms with E-state index in [9.17, 15) is 14.4 Å². The van der Waals surface area contributed by atoms with Crippen molar-refractivity contribution in [3.63, 3.8) is 0 Å². The van der Waals surface area contributed by atoms with E-state index in [0.29, 0.717) is 30.8 Å². The molecule has 5 N–H and O–H groups in total. The van der Waals surface area contributed by atoms with Gasteiger partial charge in [-0.3, -0.25) is 14.4 Å². The summed E-state index contributed by atoms with van der Waals surface area (Å²) in [4.78, 5) is 35.0. The Morgan fingerprint density at radius 3 is 2.41 bits per heavy atom. The SMILES string of the molecule is NC1CCC2(CC1)CCC(C(=O)NCC[C@@H]1C[C@@H](CC(=O)O)C(=O)N1)CC2. The maximum Gasteiger partial charge on any atom is 0.304 e. The van der Waals surface area contributed by atoms with Crippen LogP contribution in [-0.2, 0) is 14.4 Å². The van der Waals surface area contributed by atoms with Crippen LogP contribution >= 0.6 is 0 Å². The van der Waals surface area contributed by atoms with Crippen molar-refractivity contribution in [2.24, 2.45) is 23.0 Å². The van der Waals surface area contributed by atoms with E-state index in [1.807, 2.05) is 0 Å². The lowest BCUT2D eigenvalue weighted by Crippen LogP contribution is -2.40. The molecule has 0 aromatic rings. The van der Waals surface area contributed by atoms with Gasteiger partial charge in [-0.05, 0) is 69.6 Å². The Morgan fingerprint density at radius 2 is 1.78 bits per heavy atom. The van der Waals surface area contributed by atoms with E-state index in [2.05, 4.69) is 10.6 Å². The Hall–Kier alpha value is -1.63. The molecule has 2 atom stereocenters. The Labute approximate surface area is 160 Å². The molecule has 2 saturated carbocycles. The second-order valence-corrected chi connectivity index (χ2v) is 8.93. The van der Waals surface area contributed by atoms with E-state index in [1.165, 1.54) is 12.8 Å². The van der Waals surface area contributed by atoms with Gasteiger partial charge in [-0.2, -0.15) is 0 Å². The van der Waals surface area contributed by atoms with Gasteiger partial charge in [-0.15, -0.1) is 0 Å². The number of carbonyl (C=O) groups excluding carboxylic acids is 2. The fourth-order valence-corrected chi connectivity index (χ4v) is 5.16. The summed E-state index contributed by atoms with van der Waals surface area (Å²) in [7, 11) is 0. The number of hydrogen-bond acceptors (Lipinski definition) is 4. The lowest BCUT2D eigenvalue weighted by Gasteiger charge is -2.44. The van der Waals surface area contributed by atoms with Crippen molar-refractivity contribution in [2.45, 2.75) is 82.7 Å². The Balaban J connectivity index is 1.35. The van der Waals surface area contributed by atoms with Gasteiger partial charge >= 0.3 is 5.97 Å². The summed E-state index contributed by atoms with van der Waals surface area (Å²) in [6, 6.07) is 0.325. The molecule has 0 aromatic heterocycles. The predicted octanol–water partition coefficient (Wildman–Crippen LogP) is 1.55. The quantitative estimate of drug-likeness (QED) is 0.558. The fourth-order valence-electron chi connectivity index (χ4n) is 5.16. The number of nitrogens with two attached hydrogens (primary N) is 1. The number of hydrogen-bond donors (Lipinski definition) is 4. The molecule has 7 nitrogen and oxygen atoms in total. The summed E-state index contributed by atoms with van der Waals surface area (Å²) in [6.07, 6.45) is 9.91. The zero-order chi connectivity index (χ0) is 19.4. The van der Waals surface area contributed by atoms with Gasteiger partial charge in [0.1, 0.15) is 0 Å². The number of rotatable bonds is 6. The average molecular weight is 380 g/mol. The summed E-state index contributed by atoms with van der Waals surface area (Å²) in [5.41, 5.74) is 6.46. The molecular formula is C20H33N3O4. The summed E-state index contributed by atoms with van der Waals surface area (Å²) in [5, 5.41) is 14.7. The van der Waals surface area contributed by atoms with E-state index in [4.69, 9.17) is 10.8 Å². The molecular weight excluding hydrogens is 346 g/mol. The lowest BCUT2D eigenvalue weighted by atomic mass is 9.62. The van der Waals surface area contributed by atoms with Crippen molar-refractivity contribution in [1.29, 1.82) is 0 Å². The van der Waals surface area contributed by atoms with Gasteiger partial charge < -0.3 is 21.5 Å². The summed E-state index contributed by atoms with van der Waals surface area (Å²) in [6.45, 7) is 0.528. The Morgan fingerprint density at radius 1 is 1.15 bits per heavy atom. The highest BCUT2D eigenvalue weighted by Gasteiger charge is 2.39. The number of carboxylic acids is 1. The first-order valence-electron chi connectivity index (χ1n) is 10.4. The molecule has 1 spiro atoms. The second-order valence-electron chi connectivity index (χ2n) is 8.93. The van der Waals surface area contributed by atoms with Gasteiger partial charge in [-0.1, -0.05) is 0 Å². The van der Waals surface area contributed by atoms with Gasteiger partial charge in [0, 0.05) is 24.5 Å². The van der Waals surface area contributed by atoms with Crippen LogP contribution in [0.5, 0.6) is 0 Å². The van der Waals surface area contributed by atoms with Crippen molar-refractivity contribution in [2.75, 3.05) is 6.54 Å². The zero-order valence-electron chi connectivity index (χ0n) is 16.0. The molecule has 0 radical (unpaired) electrons. The van der Waals surface area contributed by atoms with E-state index in [0.717, 1.165) is 38.5 Å². The number of carbonyl (C=O) groups is 3. The van der Waals surface area contributed by atoms with Crippen molar-refractivity contribution in [1.82, 2.24) is 10.6 Å². The molecule has 2 aliphatic carbocycles. The van der Waals surface area contributed by atoms with Gasteiger partial charge in [0.2, 0.25) is 11.8 Å². The molecule has 3 aliphatic rings. The third-order valence-corrected chi connectivity index (χ3v) is 7.01. The van der Waals surface area contributed by atoms with Crippen LogP contribution in [0.4, 0.5) is 0 Å². The number of carboxylic acid groups (broad SMARTS) is 1. The van der Waals surface area contributed by atoms with Crippen LogP contribution in [0.25, 0.3) is 0 Å². The minimum absolute atomic E-state index is 0.0387. The van der Waals surface area contributed by atoms with Crippen LogP contribution in [0.15, 0.2) is 0 Å². The standard InChI is InChI=1S/C20H33N3O4/c21-15-3-8-20(9-4-15)6-1-13(2-7-20)18(26)22-10-5-16-11-14(12-17(24)25)19(27)23-16/h13-16H,1-12,21H2,(H,22,26)(H,23,27)(H,24,25)/t13?,14-,15?,16+,20?/m0/s1. The van der Waals surface area contributed by atoms with Crippen LogP contribution in [0.3, 0.4) is 0 Å². The Bertz CT molecular complexity index is 562. The Kier molecular flexibility index (Phi) is 6.40. The van der Waals surface area contributed by atoms with Gasteiger partial charge in [0.15, 0.2) is 0 Å². The van der Waals surface area contributed by atoms with Crippen LogP contribution in [0, 0.1) is 17.3 Å². The molecule has 1 saturated heterocycles.